The van der Waals surface area contributed by atoms with Gasteiger partial charge in [-0.2, -0.15) is 0 Å². The number of amides is 2. The largest absolute Gasteiger partial charge is 0.459 e. The van der Waals surface area contributed by atoms with Crippen molar-refractivity contribution in [3.8, 4) is 0 Å². The molecule has 5 heteroatoms. The molecule has 0 radical (unpaired) electrons. The molecule has 3 rings (SSSR count). The molecule has 1 fully saturated rings. The Hall–Kier alpha value is -2.56. The van der Waals surface area contributed by atoms with Crippen molar-refractivity contribution in [2.45, 2.75) is 38.1 Å². The summed E-state index contributed by atoms with van der Waals surface area (Å²) in [6, 6.07) is 10.4. The summed E-state index contributed by atoms with van der Waals surface area (Å²) in [5, 5.41) is 5.80. The Morgan fingerprint density at radius 3 is 2.35 bits per heavy atom. The molecule has 1 aliphatic rings. The van der Waals surface area contributed by atoms with E-state index in [2.05, 4.69) is 10.6 Å². The summed E-state index contributed by atoms with van der Waals surface area (Å²) < 4.78 is 5.04. The van der Waals surface area contributed by atoms with E-state index in [-0.39, 0.29) is 23.6 Å². The second-order valence-corrected chi connectivity index (χ2v) is 5.82. The van der Waals surface area contributed by atoms with Gasteiger partial charge in [0.1, 0.15) is 0 Å². The number of benzene rings is 1. The van der Waals surface area contributed by atoms with Crippen LogP contribution in [0.2, 0.25) is 0 Å². The van der Waals surface area contributed by atoms with Gasteiger partial charge < -0.3 is 15.1 Å². The molecule has 2 amide bonds. The molecule has 0 atom stereocenters. The van der Waals surface area contributed by atoms with E-state index in [1.807, 2.05) is 0 Å². The highest BCUT2D eigenvalue weighted by atomic mass is 16.3. The number of nitrogens with one attached hydrogen (secondary N) is 2. The Morgan fingerprint density at radius 2 is 1.70 bits per heavy atom. The highest BCUT2D eigenvalue weighted by Gasteiger charge is 2.16. The van der Waals surface area contributed by atoms with Crippen molar-refractivity contribution in [1.82, 2.24) is 5.32 Å². The fourth-order valence-corrected chi connectivity index (χ4v) is 2.82. The zero-order chi connectivity index (χ0) is 16.1. The van der Waals surface area contributed by atoms with Crippen molar-refractivity contribution in [1.29, 1.82) is 0 Å². The number of anilines is 1. The van der Waals surface area contributed by atoms with E-state index in [1.165, 1.54) is 25.5 Å². The van der Waals surface area contributed by atoms with Crippen LogP contribution in [0.1, 0.15) is 53.0 Å². The zero-order valence-corrected chi connectivity index (χ0v) is 12.9. The number of hydrogen-bond acceptors (Lipinski definition) is 3. The van der Waals surface area contributed by atoms with Gasteiger partial charge in [-0.05, 0) is 49.2 Å². The van der Waals surface area contributed by atoms with Gasteiger partial charge in [-0.1, -0.05) is 19.3 Å². The van der Waals surface area contributed by atoms with Gasteiger partial charge in [0.05, 0.1) is 6.26 Å². The molecule has 1 saturated carbocycles. The molecule has 23 heavy (non-hydrogen) atoms. The third kappa shape index (κ3) is 4.00. The lowest BCUT2D eigenvalue weighted by atomic mass is 9.95. The van der Waals surface area contributed by atoms with Crippen LogP contribution in [0.25, 0.3) is 0 Å². The second kappa shape index (κ2) is 7.13. The maximum atomic E-state index is 12.2. The Kier molecular flexibility index (Phi) is 4.76. The summed E-state index contributed by atoms with van der Waals surface area (Å²) >= 11 is 0. The molecular weight excluding hydrogens is 292 g/mol. The summed E-state index contributed by atoms with van der Waals surface area (Å²) in [5.41, 5.74) is 1.23. The SMILES string of the molecule is O=C(NC1CCCCC1)c1ccc(NC(=O)c2ccco2)cc1. The van der Waals surface area contributed by atoms with Crippen LogP contribution < -0.4 is 10.6 Å². The van der Waals surface area contributed by atoms with Crippen molar-refractivity contribution in [2.24, 2.45) is 0 Å². The summed E-state index contributed by atoms with van der Waals surface area (Å²) in [6.07, 6.45) is 7.20. The molecule has 1 heterocycles. The van der Waals surface area contributed by atoms with Gasteiger partial charge in [0.2, 0.25) is 0 Å². The average molecular weight is 312 g/mol. The molecule has 0 saturated heterocycles. The zero-order valence-electron chi connectivity index (χ0n) is 12.9. The van der Waals surface area contributed by atoms with Crippen molar-refractivity contribution in [3.63, 3.8) is 0 Å². The number of hydrogen-bond donors (Lipinski definition) is 2. The van der Waals surface area contributed by atoms with Crippen LogP contribution in [0.3, 0.4) is 0 Å². The van der Waals surface area contributed by atoms with Gasteiger partial charge in [-0.15, -0.1) is 0 Å². The van der Waals surface area contributed by atoms with E-state index in [4.69, 9.17) is 4.42 Å². The molecule has 0 aliphatic heterocycles. The van der Waals surface area contributed by atoms with Crippen LogP contribution in [0, 0.1) is 0 Å². The van der Waals surface area contributed by atoms with Gasteiger partial charge in [-0.25, -0.2) is 0 Å². The molecule has 1 aliphatic carbocycles. The van der Waals surface area contributed by atoms with Crippen LogP contribution in [-0.2, 0) is 0 Å². The van der Waals surface area contributed by atoms with E-state index in [0.717, 1.165) is 12.8 Å². The number of carbonyl (C=O) groups is 2. The first kappa shape index (κ1) is 15.3. The molecule has 0 spiro atoms. The summed E-state index contributed by atoms with van der Waals surface area (Å²) in [4.78, 5) is 24.1. The topological polar surface area (TPSA) is 71.3 Å². The predicted molar refractivity (Wildman–Crippen MR) is 87.4 cm³/mol. The van der Waals surface area contributed by atoms with Crippen LogP contribution in [0.4, 0.5) is 5.69 Å². The third-order valence-corrected chi connectivity index (χ3v) is 4.09. The van der Waals surface area contributed by atoms with E-state index >= 15 is 0 Å². The van der Waals surface area contributed by atoms with Crippen molar-refractivity contribution in [2.75, 3.05) is 5.32 Å². The Bertz CT molecular complexity index is 656. The lowest BCUT2D eigenvalue weighted by Crippen LogP contribution is -2.36. The fraction of sp³-hybridized carbons (Fsp3) is 0.333. The van der Waals surface area contributed by atoms with E-state index in [1.54, 1.807) is 36.4 Å². The first-order chi connectivity index (χ1) is 11.2. The van der Waals surface area contributed by atoms with E-state index < -0.39 is 0 Å². The minimum atomic E-state index is -0.311. The van der Waals surface area contributed by atoms with E-state index in [0.29, 0.717) is 11.3 Å². The number of carbonyl (C=O) groups excluding carboxylic acids is 2. The highest BCUT2D eigenvalue weighted by Crippen LogP contribution is 2.18. The quantitative estimate of drug-likeness (QED) is 0.906. The molecular formula is C18H20N2O3. The van der Waals surface area contributed by atoms with Gasteiger partial charge in [0.25, 0.3) is 11.8 Å². The molecule has 1 aromatic carbocycles. The van der Waals surface area contributed by atoms with Crippen LogP contribution in [0.5, 0.6) is 0 Å². The van der Waals surface area contributed by atoms with Crippen molar-refractivity contribution < 1.29 is 14.0 Å². The average Bonchev–Trinajstić information content (AvgIpc) is 3.11. The minimum absolute atomic E-state index is 0.0548. The summed E-state index contributed by atoms with van der Waals surface area (Å²) in [6.45, 7) is 0. The summed E-state index contributed by atoms with van der Waals surface area (Å²) in [7, 11) is 0. The molecule has 2 aromatic rings. The predicted octanol–water partition coefficient (Wildman–Crippen LogP) is 3.59. The lowest BCUT2D eigenvalue weighted by Gasteiger charge is -2.22. The Morgan fingerprint density at radius 1 is 0.957 bits per heavy atom. The molecule has 120 valence electrons. The van der Waals surface area contributed by atoms with Gasteiger partial charge in [-0.3, -0.25) is 9.59 Å². The third-order valence-electron chi connectivity index (χ3n) is 4.09. The summed E-state index contributed by atoms with van der Waals surface area (Å²) in [5.74, 6) is -0.112. The number of furan rings is 1. The van der Waals surface area contributed by atoms with E-state index in [9.17, 15) is 9.59 Å². The van der Waals surface area contributed by atoms with Gasteiger partial charge in [0, 0.05) is 17.3 Å². The molecule has 2 N–H and O–H groups in total. The smallest absolute Gasteiger partial charge is 0.291 e. The van der Waals surface area contributed by atoms with Crippen molar-refractivity contribution in [3.05, 3.63) is 54.0 Å². The highest BCUT2D eigenvalue weighted by molar-refractivity contribution is 6.02. The number of rotatable bonds is 4. The van der Waals surface area contributed by atoms with Crippen LogP contribution in [0.15, 0.2) is 47.1 Å². The minimum Gasteiger partial charge on any atom is -0.459 e. The normalized spacial score (nSPS) is 15.1. The van der Waals surface area contributed by atoms with Gasteiger partial charge in [0.15, 0.2) is 5.76 Å². The maximum absolute atomic E-state index is 12.2. The lowest BCUT2D eigenvalue weighted by molar-refractivity contribution is 0.0927. The monoisotopic (exact) mass is 312 g/mol. The van der Waals surface area contributed by atoms with Crippen LogP contribution >= 0.6 is 0 Å². The molecule has 0 bridgehead atoms. The molecule has 0 unspecified atom stereocenters. The Balaban J connectivity index is 1.58. The second-order valence-electron chi connectivity index (χ2n) is 5.82. The standard InChI is InChI=1S/C18H20N2O3/c21-17(19-14-5-2-1-3-6-14)13-8-10-15(11-9-13)20-18(22)16-7-4-12-23-16/h4,7-12,14H,1-3,5-6H2,(H,19,21)(H,20,22). The molecule has 5 nitrogen and oxygen atoms in total. The van der Waals surface area contributed by atoms with Gasteiger partial charge >= 0.3 is 0 Å². The van der Waals surface area contributed by atoms with Crippen LogP contribution in [-0.4, -0.2) is 17.9 Å². The maximum Gasteiger partial charge on any atom is 0.291 e. The first-order valence-corrected chi connectivity index (χ1v) is 7.98. The molecule has 1 aromatic heterocycles. The first-order valence-electron chi connectivity index (χ1n) is 7.98. The Labute approximate surface area is 135 Å². The fourth-order valence-electron chi connectivity index (χ4n) is 2.82. The van der Waals surface area contributed by atoms with Crippen molar-refractivity contribution >= 4 is 17.5 Å².